The van der Waals surface area contributed by atoms with E-state index in [4.69, 9.17) is 0 Å². The van der Waals surface area contributed by atoms with Crippen molar-refractivity contribution in [2.24, 2.45) is 11.8 Å². The van der Waals surface area contributed by atoms with Gasteiger partial charge in [0.1, 0.15) is 0 Å². The quantitative estimate of drug-likeness (QED) is 0.801. The van der Waals surface area contributed by atoms with E-state index >= 15 is 0 Å². The molecule has 0 heterocycles. The third-order valence-corrected chi connectivity index (χ3v) is 4.74. The van der Waals surface area contributed by atoms with Gasteiger partial charge in [-0.3, -0.25) is 0 Å². The Morgan fingerprint density at radius 1 is 1.00 bits per heavy atom. The average Bonchev–Trinajstić information content (AvgIpc) is 2.84. The lowest BCUT2D eigenvalue weighted by molar-refractivity contribution is 0.439. The molecule has 0 radical (unpaired) electrons. The van der Waals surface area contributed by atoms with Crippen LogP contribution in [0.2, 0.25) is 0 Å². The van der Waals surface area contributed by atoms with Crippen LogP contribution in [0.15, 0.2) is 12.1 Å². The highest BCUT2D eigenvalue weighted by Crippen LogP contribution is 2.46. The molecule has 1 aromatic rings. The highest BCUT2D eigenvalue weighted by atomic mass is 14.9. The number of hydrogen-bond donors (Lipinski definition) is 1. The maximum absolute atomic E-state index is 3.84. The van der Waals surface area contributed by atoms with Gasteiger partial charge in [0.25, 0.3) is 0 Å². The molecule has 2 aliphatic rings. The summed E-state index contributed by atoms with van der Waals surface area (Å²) in [5.41, 5.74) is 5.59. The second kappa shape index (κ2) is 4.04. The lowest BCUT2D eigenvalue weighted by Gasteiger charge is -2.26. The van der Waals surface area contributed by atoms with Crippen LogP contribution in [0.4, 0.5) is 5.69 Å². The average molecular weight is 229 g/mol. The Bertz CT molecular complexity index is 412. The van der Waals surface area contributed by atoms with Crippen molar-refractivity contribution in [3.8, 4) is 0 Å². The van der Waals surface area contributed by atoms with Crippen LogP contribution in [0.5, 0.6) is 0 Å². The molecule has 0 aliphatic heterocycles. The maximum atomic E-state index is 3.84. The summed E-state index contributed by atoms with van der Waals surface area (Å²) in [6.45, 7) is 6.65. The summed E-state index contributed by atoms with van der Waals surface area (Å²) in [6.07, 6.45) is 5.81. The van der Waals surface area contributed by atoms with E-state index in [0.29, 0.717) is 0 Å². The lowest BCUT2D eigenvalue weighted by atomic mass is 9.94. The molecule has 0 aromatic heterocycles. The van der Waals surface area contributed by atoms with Crippen LogP contribution in [-0.2, 0) is 0 Å². The Kier molecular flexibility index (Phi) is 2.65. The summed E-state index contributed by atoms with van der Waals surface area (Å²) in [5.74, 6) is 1.96. The van der Waals surface area contributed by atoms with E-state index in [9.17, 15) is 0 Å². The number of aryl methyl sites for hydroxylation is 3. The first-order valence-electron chi connectivity index (χ1n) is 6.98. The van der Waals surface area contributed by atoms with Crippen molar-refractivity contribution in [2.45, 2.75) is 52.5 Å². The van der Waals surface area contributed by atoms with E-state index in [1.807, 2.05) is 0 Å². The summed E-state index contributed by atoms with van der Waals surface area (Å²) >= 11 is 0. The van der Waals surface area contributed by atoms with E-state index in [2.05, 4.69) is 38.2 Å². The highest BCUT2D eigenvalue weighted by Gasteiger charge is 2.39. The molecule has 0 saturated heterocycles. The van der Waals surface area contributed by atoms with Crippen LogP contribution in [0.25, 0.3) is 0 Å². The SMILES string of the molecule is Cc1cc(C)c(NC2CC3CCC2C3)c(C)c1. The van der Waals surface area contributed by atoms with Crippen molar-refractivity contribution in [1.82, 2.24) is 0 Å². The van der Waals surface area contributed by atoms with Gasteiger partial charge in [-0.15, -0.1) is 0 Å². The molecule has 2 saturated carbocycles. The Balaban J connectivity index is 1.81. The van der Waals surface area contributed by atoms with Gasteiger partial charge in [0.05, 0.1) is 0 Å². The molecular weight excluding hydrogens is 206 g/mol. The smallest absolute Gasteiger partial charge is 0.0402 e. The highest BCUT2D eigenvalue weighted by molar-refractivity contribution is 5.59. The number of anilines is 1. The third kappa shape index (κ3) is 1.96. The van der Waals surface area contributed by atoms with Gasteiger partial charge in [0.2, 0.25) is 0 Å². The monoisotopic (exact) mass is 229 g/mol. The molecule has 2 bridgehead atoms. The van der Waals surface area contributed by atoms with Crippen LogP contribution < -0.4 is 5.32 Å². The van der Waals surface area contributed by atoms with Crippen LogP contribution >= 0.6 is 0 Å². The van der Waals surface area contributed by atoms with Crippen LogP contribution in [0, 0.1) is 32.6 Å². The van der Waals surface area contributed by atoms with Crippen LogP contribution in [-0.4, -0.2) is 6.04 Å². The molecule has 1 nitrogen and oxygen atoms in total. The fourth-order valence-corrected chi connectivity index (χ4v) is 4.01. The first-order valence-corrected chi connectivity index (χ1v) is 6.98. The Labute approximate surface area is 105 Å². The van der Waals surface area contributed by atoms with Gasteiger partial charge >= 0.3 is 0 Å². The van der Waals surface area contributed by atoms with Gasteiger partial charge in [0, 0.05) is 11.7 Å². The first-order chi connectivity index (χ1) is 8.13. The summed E-state index contributed by atoms with van der Waals surface area (Å²) in [7, 11) is 0. The number of fused-ring (bicyclic) bond motifs is 2. The predicted octanol–water partition coefficient (Wildman–Crippen LogP) is 4.21. The maximum Gasteiger partial charge on any atom is 0.0402 e. The second-order valence-electron chi connectivity index (χ2n) is 6.20. The summed E-state index contributed by atoms with van der Waals surface area (Å²) < 4.78 is 0. The number of rotatable bonds is 2. The minimum atomic E-state index is 0.744. The fourth-order valence-electron chi connectivity index (χ4n) is 4.01. The molecule has 17 heavy (non-hydrogen) atoms. The zero-order valence-corrected chi connectivity index (χ0v) is 11.2. The van der Waals surface area contributed by atoms with Gasteiger partial charge in [-0.2, -0.15) is 0 Å². The number of benzene rings is 1. The van der Waals surface area contributed by atoms with Crippen LogP contribution in [0.1, 0.15) is 42.4 Å². The zero-order chi connectivity index (χ0) is 12.0. The molecule has 3 atom stereocenters. The van der Waals surface area contributed by atoms with Gasteiger partial charge in [0.15, 0.2) is 0 Å². The third-order valence-electron chi connectivity index (χ3n) is 4.74. The van der Waals surface area contributed by atoms with Gasteiger partial charge in [-0.1, -0.05) is 24.1 Å². The largest absolute Gasteiger partial charge is 0.382 e. The molecule has 2 aliphatic carbocycles. The number of nitrogens with one attached hydrogen (secondary N) is 1. The van der Waals surface area contributed by atoms with Crippen molar-refractivity contribution < 1.29 is 0 Å². The number of hydrogen-bond acceptors (Lipinski definition) is 1. The van der Waals surface area contributed by atoms with E-state index in [1.165, 1.54) is 48.1 Å². The van der Waals surface area contributed by atoms with Crippen molar-refractivity contribution in [2.75, 3.05) is 5.32 Å². The summed E-state index contributed by atoms with van der Waals surface area (Å²) in [6, 6.07) is 5.33. The van der Waals surface area contributed by atoms with Crippen LogP contribution in [0.3, 0.4) is 0 Å². The topological polar surface area (TPSA) is 12.0 Å². The van der Waals surface area contributed by atoms with Gasteiger partial charge in [-0.05, 0) is 63.0 Å². The zero-order valence-electron chi connectivity index (χ0n) is 11.2. The standard InChI is InChI=1S/C16H23N/c1-10-6-11(2)16(12(3)7-10)17-15-9-13-4-5-14(15)8-13/h6-7,13-15,17H,4-5,8-9H2,1-3H3. The molecule has 0 spiro atoms. The van der Waals surface area contributed by atoms with Crippen molar-refractivity contribution in [3.05, 3.63) is 28.8 Å². The van der Waals surface area contributed by atoms with Gasteiger partial charge < -0.3 is 5.32 Å². The van der Waals surface area contributed by atoms with E-state index in [1.54, 1.807) is 0 Å². The minimum absolute atomic E-state index is 0.744. The molecule has 2 fully saturated rings. The Morgan fingerprint density at radius 2 is 1.71 bits per heavy atom. The molecule has 0 amide bonds. The molecule has 1 heteroatoms. The molecular formula is C16H23N. The van der Waals surface area contributed by atoms with E-state index in [0.717, 1.165) is 17.9 Å². The molecule has 3 rings (SSSR count). The Morgan fingerprint density at radius 3 is 2.24 bits per heavy atom. The van der Waals surface area contributed by atoms with Crippen molar-refractivity contribution >= 4 is 5.69 Å². The molecule has 3 unspecified atom stereocenters. The molecule has 1 aromatic carbocycles. The molecule has 92 valence electrons. The fraction of sp³-hybridized carbons (Fsp3) is 0.625. The lowest BCUT2D eigenvalue weighted by Crippen LogP contribution is -2.26. The van der Waals surface area contributed by atoms with E-state index in [-0.39, 0.29) is 0 Å². The second-order valence-corrected chi connectivity index (χ2v) is 6.20. The predicted molar refractivity (Wildman–Crippen MR) is 73.5 cm³/mol. The molecule has 1 N–H and O–H groups in total. The first kappa shape index (κ1) is 11.1. The van der Waals surface area contributed by atoms with Crippen molar-refractivity contribution in [3.63, 3.8) is 0 Å². The normalized spacial score (nSPS) is 30.9. The summed E-state index contributed by atoms with van der Waals surface area (Å²) in [4.78, 5) is 0. The van der Waals surface area contributed by atoms with Gasteiger partial charge in [-0.25, -0.2) is 0 Å². The minimum Gasteiger partial charge on any atom is -0.382 e. The summed E-state index contributed by atoms with van der Waals surface area (Å²) in [5, 5.41) is 3.84. The van der Waals surface area contributed by atoms with E-state index < -0.39 is 0 Å². The van der Waals surface area contributed by atoms with Crippen molar-refractivity contribution in [1.29, 1.82) is 0 Å². The Hall–Kier alpha value is -0.980.